The zero-order valence-electron chi connectivity index (χ0n) is 13.5. The van der Waals surface area contributed by atoms with Crippen molar-refractivity contribution < 1.29 is 14.0 Å². The molecule has 7 heteroatoms. The Morgan fingerprint density at radius 1 is 1.29 bits per heavy atom. The summed E-state index contributed by atoms with van der Waals surface area (Å²) in [6, 6.07) is 5.83. The third kappa shape index (κ3) is 3.26. The van der Waals surface area contributed by atoms with Crippen LogP contribution in [0.1, 0.15) is 30.1 Å². The first-order valence-electron chi connectivity index (χ1n) is 8.07. The third-order valence-corrected chi connectivity index (χ3v) is 6.43. The van der Waals surface area contributed by atoms with Gasteiger partial charge in [0.05, 0.1) is 4.87 Å². The highest BCUT2D eigenvalue weighted by Gasteiger charge is 2.47. The summed E-state index contributed by atoms with van der Waals surface area (Å²) in [7, 11) is 0. The van der Waals surface area contributed by atoms with Crippen molar-refractivity contribution in [2.75, 3.05) is 25.4 Å². The van der Waals surface area contributed by atoms with Gasteiger partial charge in [-0.15, -0.1) is 23.4 Å². The van der Waals surface area contributed by atoms with Crippen LogP contribution in [0.5, 0.6) is 0 Å². The summed E-state index contributed by atoms with van der Waals surface area (Å²) in [6.45, 7) is 3.52. The predicted molar refractivity (Wildman–Crippen MR) is 93.8 cm³/mol. The zero-order valence-corrected chi connectivity index (χ0v) is 15.1. The number of carbonyl (C=O) groups is 2. The van der Waals surface area contributed by atoms with Crippen LogP contribution in [-0.2, 0) is 4.79 Å². The van der Waals surface area contributed by atoms with Crippen molar-refractivity contribution in [3.63, 3.8) is 0 Å². The second-order valence-electron chi connectivity index (χ2n) is 6.20. The monoisotopic (exact) mass is 370 g/mol. The molecular weight excluding hydrogens is 351 g/mol. The minimum Gasteiger partial charge on any atom is -0.341 e. The lowest BCUT2D eigenvalue weighted by atomic mass is 10.0. The molecule has 1 spiro atoms. The van der Waals surface area contributed by atoms with Crippen molar-refractivity contribution >= 4 is 35.2 Å². The molecule has 1 aromatic carbocycles. The number of benzene rings is 1. The smallest absolute Gasteiger partial charge is 0.255 e. The highest BCUT2D eigenvalue weighted by Crippen LogP contribution is 2.44. The van der Waals surface area contributed by atoms with Crippen LogP contribution >= 0.6 is 23.4 Å². The van der Waals surface area contributed by atoms with Gasteiger partial charge in [-0.1, -0.05) is 6.07 Å². The normalized spacial score (nSPS) is 21.1. The maximum absolute atomic E-state index is 13.4. The van der Waals surface area contributed by atoms with Gasteiger partial charge in [-0.2, -0.15) is 0 Å². The van der Waals surface area contributed by atoms with E-state index in [1.807, 2.05) is 4.90 Å². The fourth-order valence-corrected chi connectivity index (χ4v) is 5.01. The second kappa shape index (κ2) is 6.92. The lowest BCUT2D eigenvalue weighted by molar-refractivity contribution is -0.132. The van der Waals surface area contributed by atoms with Crippen molar-refractivity contribution in [3.8, 4) is 0 Å². The molecule has 1 unspecified atom stereocenters. The second-order valence-corrected chi connectivity index (χ2v) is 8.31. The number of halogens is 2. The van der Waals surface area contributed by atoms with Crippen molar-refractivity contribution in [1.82, 2.24) is 9.80 Å². The molecule has 0 saturated carbocycles. The van der Waals surface area contributed by atoms with Crippen LogP contribution in [0, 0.1) is 5.82 Å². The Labute approximate surface area is 150 Å². The molecule has 0 radical (unpaired) electrons. The summed E-state index contributed by atoms with van der Waals surface area (Å²) in [5.41, 5.74) is 0.379. The zero-order chi connectivity index (χ0) is 17.3. The van der Waals surface area contributed by atoms with E-state index in [2.05, 4.69) is 0 Å². The SMILES string of the molecule is CC(Cl)C(=O)N1CCC2(CC1)SCCN2C(=O)c1cccc(F)c1. The van der Waals surface area contributed by atoms with Gasteiger partial charge in [0.25, 0.3) is 5.91 Å². The van der Waals surface area contributed by atoms with Crippen molar-refractivity contribution in [2.24, 2.45) is 0 Å². The van der Waals surface area contributed by atoms with Crippen LogP contribution in [0.4, 0.5) is 4.39 Å². The minimum atomic E-state index is -0.527. The maximum Gasteiger partial charge on any atom is 0.255 e. The number of hydrogen-bond donors (Lipinski definition) is 0. The van der Waals surface area contributed by atoms with Gasteiger partial charge in [-0.25, -0.2) is 4.39 Å². The molecule has 1 aromatic rings. The summed E-state index contributed by atoms with van der Waals surface area (Å²) >= 11 is 7.65. The van der Waals surface area contributed by atoms with E-state index in [0.717, 1.165) is 5.75 Å². The summed E-state index contributed by atoms with van der Waals surface area (Å²) in [4.78, 5) is 28.2. The number of thioether (sulfide) groups is 1. The number of nitrogens with zero attached hydrogens (tertiary/aromatic N) is 2. The first-order chi connectivity index (χ1) is 11.4. The molecule has 2 saturated heterocycles. The molecule has 2 aliphatic rings. The summed E-state index contributed by atoms with van der Waals surface area (Å²) in [5, 5.41) is -0.527. The largest absolute Gasteiger partial charge is 0.341 e. The van der Waals surface area contributed by atoms with Crippen LogP contribution in [0.3, 0.4) is 0 Å². The number of likely N-dealkylation sites (tertiary alicyclic amines) is 1. The minimum absolute atomic E-state index is 0.0579. The van der Waals surface area contributed by atoms with Gasteiger partial charge in [-0.3, -0.25) is 9.59 Å². The summed E-state index contributed by atoms with van der Waals surface area (Å²) in [5.74, 6) is 0.266. The summed E-state index contributed by atoms with van der Waals surface area (Å²) in [6.07, 6.45) is 1.43. The fourth-order valence-electron chi connectivity index (χ4n) is 3.41. The van der Waals surface area contributed by atoms with Gasteiger partial charge in [0.15, 0.2) is 0 Å². The Hall–Kier alpha value is -1.27. The van der Waals surface area contributed by atoms with Crippen LogP contribution in [0.25, 0.3) is 0 Å². The number of rotatable bonds is 2. The van der Waals surface area contributed by atoms with Crippen molar-refractivity contribution in [1.29, 1.82) is 0 Å². The first kappa shape index (κ1) is 17.5. The quantitative estimate of drug-likeness (QED) is 0.751. The summed E-state index contributed by atoms with van der Waals surface area (Å²) < 4.78 is 13.4. The number of piperidine rings is 1. The molecule has 2 heterocycles. The molecular formula is C17H20ClFN2O2S. The molecule has 2 aliphatic heterocycles. The van der Waals surface area contributed by atoms with E-state index in [-0.39, 0.29) is 16.7 Å². The molecule has 0 bridgehead atoms. The first-order valence-corrected chi connectivity index (χ1v) is 9.49. The molecule has 0 aliphatic carbocycles. The van der Waals surface area contributed by atoms with E-state index >= 15 is 0 Å². The van der Waals surface area contributed by atoms with E-state index in [9.17, 15) is 14.0 Å². The number of alkyl halides is 1. The Balaban J connectivity index is 1.74. The maximum atomic E-state index is 13.4. The highest BCUT2D eigenvalue weighted by molar-refractivity contribution is 8.00. The Kier molecular flexibility index (Phi) is 5.06. The van der Waals surface area contributed by atoms with E-state index in [1.165, 1.54) is 12.1 Å². The van der Waals surface area contributed by atoms with E-state index in [1.54, 1.807) is 35.7 Å². The Morgan fingerprint density at radius 3 is 2.62 bits per heavy atom. The van der Waals surface area contributed by atoms with E-state index in [4.69, 9.17) is 11.6 Å². The molecule has 0 aromatic heterocycles. The van der Waals surface area contributed by atoms with Gasteiger partial charge >= 0.3 is 0 Å². The molecule has 3 rings (SSSR count). The fraction of sp³-hybridized carbons (Fsp3) is 0.529. The van der Waals surface area contributed by atoms with Crippen LogP contribution in [-0.4, -0.2) is 57.2 Å². The molecule has 24 heavy (non-hydrogen) atoms. The van der Waals surface area contributed by atoms with Gasteiger partial charge in [0.1, 0.15) is 11.2 Å². The third-order valence-electron chi connectivity index (χ3n) is 4.69. The van der Waals surface area contributed by atoms with Crippen LogP contribution in [0.2, 0.25) is 0 Å². The Morgan fingerprint density at radius 2 is 2.00 bits per heavy atom. The standard InChI is InChI=1S/C17H20ClFN2O2S/c1-12(18)15(22)20-7-5-17(6-8-20)21(9-10-24-17)16(23)13-3-2-4-14(19)11-13/h2-4,11-12H,5-10H2,1H3. The molecule has 0 N–H and O–H groups in total. The number of amides is 2. The lowest BCUT2D eigenvalue weighted by Crippen LogP contribution is -2.54. The van der Waals surface area contributed by atoms with Gasteiger partial charge in [-0.05, 0) is 38.0 Å². The average molecular weight is 371 g/mol. The predicted octanol–water partition coefficient (Wildman–Crippen LogP) is 2.96. The average Bonchev–Trinajstić information content (AvgIpc) is 2.97. The Bertz CT molecular complexity index is 647. The van der Waals surface area contributed by atoms with Gasteiger partial charge < -0.3 is 9.80 Å². The van der Waals surface area contributed by atoms with Crippen molar-refractivity contribution in [2.45, 2.75) is 30.0 Å². The number of carbonyl (C=O) groups excluding carboxylic acids is 2. The van der Waals surface area contributed by atoms with Gasteiger partial charge in [0, 0.05) is 31.0 Å². The highest BCUT2D eigenvalue weighted by atomic mass is 35.5. The van der Waals surface area contributed by atoms with Crippen LogP contribution in [0.15, 0.2) is 24.3 Å². The van der Waals surface area contributed by atoms with Gasteiger partial charge in [0.2, 0.25) is 5.91 Å². The molecule has 4 nitrogen and oxygen atoms in total. The van der Waals surface area contributed by atoms with E-state index in [0.29, 0.717) is 38.0 Å². The van der Waals surface area contributed by atoms with E-state index < -0.39 is 11.2 Å². The molecule has 130 valence electrons. The molecule has 2 amide bonds. The lowest BCUT2D eigenvalue weighted by Gasteiger charge is -2.44. The van der Waals surface area contributed by atoms with Crippen LogP contribution < -0.4 is 0 Å². The molecule has 1 atom stereocenters. The molecule has 2 fully saturated rings. The number of hydrogen-bond acceptors (Lipinski definition) is 3. The topological polar surface area (TPSA) is 40.6 Å². The van der Waals surface area contributed by atoms with Crippen molar-refractivity contribution in [3.05, 3.63) is 35.6 Å².